The van der Waals surface area contributed by atoms with Crippen molar-refractivity contribution in [1.82, 2.24) is 15.5 Å². The SMILES string of the molecule is CCCN(CC)CCNC(=NCC(O)c1cccc(OC(C)C)c1)NCC. The summed E-state index contributed by atoms with van der Waals surface area (Å²) in [6, 6.07) is 7.58. The number of aliphatic imine (C=N–C) groups is 1. The van der Waals surface area contributed by atoms with E-state index < -0.39 is 6.10 Å². The van der Waals surface area contributed by atoms with Gasteiger partial charge in [0.2, 0.25) is 0 Å². The molecule has 0 bridgehead atoms. The first-order valence-corrected chi connectivity index (χ1v) is 10.2. The Morgan fingerprint density at radius 1 is 1.19 bits per heavy atom. The van der Waals surface area contributed by atoms with E-state index in [1.807, 2.05) is 45.0 Å². The van der Waals surface area contributed by atoms with Gasteiger partial charge in [-0.25, -0.2) is 0 Å². The van der Waals surface area contributed by atoms with E-state index >= 15 is 0 Å². The summed E-state index contributed by atoms with van der Waals surface area (Å²) >= 11 is 0. The van der Waals surface area contributed by atoms with Gasteiger partial charge in [0, 0.05) is 19.6 Å². The van der Waals surface area contributed by atoms with Gasteiger partial charge >= 0.3 is 0 Å². The summed E-state index contributed by atoms with van der Waals surface area (Å²) in [5.74, 6) is 1.50. The van der Waals surface area contributed by atoms with Crippen LogP contribution >= 0.6 is 0 Å². The van der Waals surface area contributed by atoms with Crippen molar-refractivity contribution >= 4 is 5.96 Å². The molecule has 6 nitrogen and oxygen atoms in total. The molecule has 154 valence electrons. The van der Waals surface area contributed by atoms with Gasteiger partial charge in [0.25, 0.3) is 0 Å². The molecule has 1 rings (SSSR count). The van der Waals surface area contributed by atoms with E-state index in [0.717, 1.165) is 56.4 Å². The zero-order valence-corrected chi connectivity index (χ0v) is 17.7. The molecule has 0 saturated carbocycles. The number of ether oxygens (including phenoxy) is 1. The number of hydrogen-bond acceptors (Lipinski definition) is 4. The van der Waals surface area contributed by atoms with Crippen LogP contribution in [0.3, 0.4) is 0 Å². The van der Waals surface area contributed by atoms with E-state index in [1.54, 1.807) is 0 Å². The topological polar surface area (TPSA) is 69.1 Å². The van der Waals surface area contributed by atoms with E-state index in [-0.39, 0.29) is 6.10 Å². The largest absolute Gasteiger partial charge is 0.491 e. The number of aliphatic hydroxyl groups excluding tert-OH is 1. The molecule has 3 N–H and O–H groups in total. The Kier molecular flexibility index (Phi) is 11.5. The Balaban J connectivity index is 2.60. The maximum Gasteiger partial charge on any atom is 0.191 e. The number of rotatable bonds is 12. The van der Waals surface area contributed by atoms with Crippen LogP contribution in [0.2, 0.25) is 0 Å². The molecule has 6 heteroatoms. The van der Waals surface area contributed by atoms with E-state index in [9.17, 15) is 5.11 Å². The van der Waals surface area contributed by atoms with E-state index in [2.05, 4.69) is 34.4 Å². The van der Waals surface area contributed by atoms with Gasteiger partial charge in [0.15, 0.2) is 5.96 Å². The fourth-order valence-corrected chi connectivity index (χ4v) is 2.77. The van der Waals surface area contributed by atoms with Crippen molar-refractivity contribution in [2.45, 2.75) is 53.2 Å². The summed E-state index contributed by atoms with van der Waals surface area (Å²) in [6.07, 6.45) is 0.604. The third kappa shape index (κ3) is 9.63. The Morgan fingerprint density at radius 2 is 1.96 bits per heavy atom. The lowest BCUT2D eigenvalue weighted by Crippen LogP contribution is -2.42. The van der Waals surface area contributed by atoms with Crippen LogP contribution in [0.4, 0.5) is 0 Å². The molecule has 27 heavy (non-hydrogen) atoms. The van der Waals surface area contributed by atoms with Crippen LogP contribution in [0.1, 0.15) is 52.7 Å². The van der Waals surface area contributed by atoms with Gasteiger partial charge in [-0.05, 0) is 58.0 Å². The molecule has 0 spiro atoms. The smallest absolute Gasteiger partial charge is 0.191 e. The van der Waals surface area contributed by atoms with Crippen molar-refractivity contribution in [3.8, 4) is 5.75 Å². The maximum atomic E-state index is 10.5. The van der Waals surface area contributed by atoms with Crippen LogP contribution in [-0.4, -0.2) is 61.3 Å². The highest BCUT2D eigenvalue weighted by Crippen LogP contribution is 2.20. The first kappa shape index (κ1) is 23.2. The molecule has 0 amide bonds. The van der Waals surface area contributed by atoms with Gasteiger partial charge < -0.3 is 25.4 Å². The van der Waals surface area contributed by atoms with Crippen LogP contribution in [-0.2, 0) is 0 Å². The second-order valence-corrected chi connectivity index (χ2v) is 6.84. The Bertz CT molecular complexity index is 549. The lowest BCUT2D eigenvalue weighted by Gasteiger charge is -2.20. The van der Waals surface area contributed by atoms with Gasteiger partial charge in [-0.1, -0.05) is 26.0 Å². The number of benzene rings is 1. The van der Waals surface area contributed by atoms with E-state index in [4.69, 9.17) is 4.74 Å². The van der Waals surface area contributed by atoms with Crippen molar-refractivity contribution in [2.24, 2.45) is 4.99 Å². The molecule has 0 fully saturated rings. The average molecular weight is 379 g/mol. The minimum atomic E-state index is -0.664. The van der Waals surface area contributed by atoms with Crippen LogP contribution in [0, 0.1) is 0 Å². The minimum Gasteiger partial charge on any atom is -0.491 e. The van der Waals surface area contributed by atoms with Gasteiger partial charge in [-0.2, -0.15) is 0 Å². The summed E-state index contributed by atoms with van der Waals surface area (Å²) in [5.41, 5.74) is 0.813. The molecule has 0 aliphatic rings. The van der Waals surface area contributed by atoms with Crippen molar-refractivity contribution < 1.29 is 9.84 Å². The van der Waals surface area contributed by atoms with Gasteiger partial charge in [-0.15, -0.1) is 0 Å². The summed E-state index contributed by atoms with van der Waals surface area (Å²) in [5, 5.41) is 17.1. The molecule has 1 aromatic carbocycles. The number of guanidine groups is 1. The predicted molar refractivity (Wildman–Crippen MR) is 114 cm³/mol. The normalized spacial score (nSPS) is 13.1. The molecule has 0 saturated heterocycles. The summed E-state index contributed by atoms with van der Waals surface area (Å²) < 4.78 is 5.70. The second kappa shape index (κ2) is 13.4. The number of nitrogens with zero attached hydrogens (tertiary/aromatic N) is 2. The third-order valence-electron chi connectivity index (χ3n) is 4.09. The standard InChI is InChI=1S/C21H38N4O2/c1-6-13-25(8-3)14-12-23-21(22-7-2)24-16-20(26)18-10-9-11-19(15-18)27-17(4)5/h9-11,15,17,20,26H,6-8,12-14,16H2,1-5H3,(H2,22,23,24). The molecule has 0 radical (unpaired) electrons. The molecular weight excluding hydrogens is 340 g/mol. The molecule has 0 heterocycles. The van der Waals surface area contributed by atoms with Gasteiger partial charge in [0.05, 0.1) is 18.8 Å². The first-order chi connectivity index (χ1) is 13.0. The Labute approximate surface area is 165 Å². The first-order valence-electron chi connectivity index (χ1n) is 10.2. The molecule has 1 atom stereocenters. The number of aliphatic hydroxyl groups is 1. The number of nitrogens with one attached hydrogen (secondary N) is 2. The fourth-order valence-electron chi connectivity index (χ4n) is 2.77. The number of hydrogen-bond donors (Lipinski definition) is 3. The highest BCUT2D eigenvalue weighted by Gasteiger charge is 2.10. The van der Waals surface area contributed by atoms with Crippen LogP contribution in [0.25, 0.3) is 0 Å². The Hall–Kier alpha value is -1.79. The maximum absolute atomic E-state index is 10.5. The second-order valence-electron chi connectivity index (χ2n) is 6.84. The lowest BCUT2D eigenvalue weighted by atomic mass is 10.1. The molecule has 0 aliphatic carbocycles. The Morgan fingerprint density at radius 3 is 2.59 bits per heavy atom. The van der Waals surface area contributed by atoms with Crippen LogP contribution in [0.15, 0.2) is 29.3 Å². The highest BCUT2D eigenvalue weighted by molar-refractivity contribution is 5.79. The van der Waals surface area contributed by atoms with E-state index in [0.29, 0.717) is 6.54 Å². The quantitative estimate of drug-likeness (QED) is 0.385. The zero-order chi connectivity index (χ0) is 20.1. The highest BCUT2D eigenvalue weighted by atomic mass is 16.5. The van der Waals surface area contributed by atoms with Crippen LogP contribution in [0.5, 0.6) is 5.75 Å². The summed E-state index contributed by atoms with van der Waals surface area (Å²) in [6.45, 7) is 15.4. The lowest BCUT2D eigenvalue weighted by molar-refractivity contribution is 0.185. The average Bonchev–Trinajstić information content (AvgIpc) is 2.64. The van der Waals surface area contributed by atoms with Crippen LogP contribution < -0.4 is 15.4 Å². The number of likely N-dealkylation sites (N-methyl/N-ethyl adjacent to an activating group) is 1. The monoisotopic (exact) mass is 378 g/mol. The van der Waals surface area contributed by atoms with Crippen molar-refractivity contribution in [2.75, 3.05) is 39.3 Å². The van der Waals surface area contributed by atoms with Gasteiger partial charge in [-0.3, -0.25) is 4.99 Å². The minimum absolute atomic E-state index is 0.107. The summed E-state index contributed by atoms with van der Waals surface area (Å²) in [4.78, 5) is 6.94. The fraction of sp³-hybridized carbons (Fsp3) is 0.667. The predicted octanol–water partition coefficient (Wildman–Crippen LogP) is 2.79. The summed E-state index contributed by atoms with van der Waals surface area (Å²) in [7, 11) is 0. The molecule has 1 aromatic rings. The zero-order valence-electron chi connectivity index (χ0n) is 17.7. The van der Waals surface area contributed by atoms with Crippen molar-refractivity contribution in [3.63, 3.8) is 0 Å². The molecule has 1 unspecified atom stereocenters. The molecular formula is C21H38N4O2. The van der Waals surface area contributed by atoms with Crippen molar-refractivity contribution in [3.05, 3.63) is 29.8 Å². The van der Waals surface area contributed by atoms with Crippen molar-refractivity contribution in [1.29, 1.82) is 0 Å². The third-order valence-corrected chi connectivity index (χ3v) is 4.09. The molecule has 0 aromatic heterocycles. The van der Waals surface area contributed by atoms with E-state index in [1.165, 1.54) is 0 Å². The van der Waals surface area contributed by atoms with Gasteiger partial charge in [0.1, 0.15) is 5.75 Å². The molecule has 0 aliphatic heterocycles.